The number of nitrogens with two attached hydrogens (primary N) is 1. The number of carbonyl (C=O) groups is 1. The van der Waals surface area contributed by atoms with Gasteiger partial charge in [-0.25, -0.2) is 8.42 Å². The van der Waals surface area contributed by atoms with Crippen LogP contribution in [0.3, 0.4) is 0 Å². The van der Waals surface area contributed by atoms with Crippen LogP contribution < -0.4 is 5.73 Å². The van der Waals surface area contributed by atoms with E-state index in [1.165, 1.54) is 32.2 Å². The summed E-state index contributed by atoms with van der Waals surface area (Å²) in [6.07, 6.45) is 18.5. The lowest BCUT2D eigenvalue weighted by atomic mass is 10.1. The minimum absolute atomic E-state index is 0.172. The quantitative estimate of drug-likeness (QED) is 0.0744. The number of quaternary nitrogens is 1. The molecule has 0 saturated carbocycles. The van der Waals surface area contributed by atoms with E-state index in [0.717, 1.165) is 75.9 Å². The molecule has 0 saturated heterocycles. The average Bonchev–Trinajstić information content (AvgIpc) is 2.76. The first kappa shape index (κ1) is 38.5. The highest BCUT2D eigenvalue weighted by atomic mass is 32.3. The molecule has 9 nitrogen and oxygen atoms in total. The number of aliphatic hydroxyl groups is 1. The van der Waals surface area contributed by atoms with Gasteiger partial charge < -0.3 is 25.0 Å². The van der Waals surface area contributed by atoms with Crippen LogP contribution in [0.2, 0.25) is 0 Å². The minimum Gasteiger partial charge on any atom is -0.726 e. The first-order valence-electron chi connectivity index (χ1n) is 12.9. The van der Waals surface area contributed by atoms with E-state index in [1.54, 1.807) is 0 Å². The number of carboxylic acid groups (broad SMARTS) is 1. The smallest absolute Gasteiger partial charge is 0.303 e. The highest BCUT2D eigenvalue weighted by Gasteiger charge is 2.03. The van der Waals surface area contributed by atoms with Gasteiger partial charge in [-0.2, -0.15) is 0 Å². The standard InChI is InChI=1S/C18H34O3.C6H17N2.CH4O4S/c1-2-3-4-11-14-17(19)15-12-9-7-5-6-8-10-13-16-18(20)21;1-8(2,3)6-4-5-7;1-5-6(2,3)4/h9,12,17,19H,2-8,10-11,13-16H2,1H3,(H,20,21);4-7H2,1-3H3;1H3,(H,2,3,4)/q;+1;/p-1/b12-9-;;. The van der Waals surface area contributed by atoms with Gasteiger partial charge in [0.05, 0.1) is 40.9 Å². The molecule has 1 atom stereocenters. The largest absolute Gasteiger partial charge is 0.726 e. The van der Waals surface area contributed by atoms with Gasteiger partial charge in [-0.1, -0.05) is 64.0 Å². The summed E-state index contributed by atoms with van der Waals surface area (Å²) in [5, 5.41) is 18.3. The highest BCUT2D eigenvalue weighted by molar-refractivity contribution is 7.80. The third-order valence-corrected chi connectivity index (χ3v) is 5.37. The molecule has 0 aliphatic rings. The van der Waals surface area contributed by atoms with Crippen LogP contribution in [-0.4, -0.2) is 81.1 Å². The SMILES string of the molecule is CCCCCCC(O)C/C=C\CCCCCCCC(=O)O.COS(=O)(=O)[O-].C[N+](C)(C)CCCN. The van der Waals surface area contributed by atoms with Gasteiger partial charge in [0.1, 0.15) is 0 Å². The van der Waals surface area contributed by atoms with Crippen LogP contribution in [0.25, 0.3) is 0 Å². The summed E-state index contributed by atoms with van der Waals surface area (Å²) in [5.41, 5.74) is 5.33. The second-order valence-electron chi connectivity index (χ2n) is 9.64. The first-order chi connectivity index (χ1) is 16.3. The summed E-state index contributed by atoms with van der Waals surface area (Å²) in [5.74, 6) is -0.689. The van der Waals surface area contributed by atoms with E-state index in [0.29, 0.717) is 6.42 Å². The van der Waals surface area contributed by atoms with Crippen molar-refractivity contribution >= 4 is 16.4 Å². The average molecular weight is 527 g/mol. The number of rotatable bonds is 19. The van der Waals surface area contributed by atoms with Crippen molar-refractivity contribution in [2.45, 2.75) is 103 Å². The first-order valence-corrected chi connectivity index (χ1v) is 14.2. The van der Waals surface area contributed by atoms with E-state index in [9.17, 15) is 22.9 Å². The van der Waals surface area contributed by atoms with E-state index < -0.39 is 16.4 Å². The third kappa shape index (κ3) is 46.9. The van der Waals surface area contributed by atoms with Crippen molar-refractivity contribution in [1.82, 2.24) is 0 Å². The van der Waals surface area contributed by atoms with E-state index in [-0.39, 0.29) is 6.10 Å². The maximum absolute atomic E-state index is 10.3. The number of nitrogens with zero attached hydrogens (tertiary/aromatic N) is 1. The Balaban J connectivity index is -0.000000595. The predicted molar refractivity (Wildman–Crippen MR) is 142 cm³/mol. The molecular weight excluding hydrogens is 472 g/mol. The van der Waals surface area contributed by atoms with Gasteiger partial charge in [-0.05, 0) is 38.6 Å². The molecule has 1 unspecified atom stereocenters. The number of allylic oxidation sites excluding steroid dienone is 1. The summed E-state index contributed by atoms with van der Waals surface area (Å²) in [6.45, 7) is 4.19. The zero-order valence-electron chi connectivity index (χ0n) is 22.9. The van der Waals surface area contributed by atoms with Gasteiger partial charge in [0.2, 0.25) is 10.4 Å². The van der Waals surface area contributed by atoms with Crippen LogP contribution in [0.4, 0.5) is 0 Å². The van der Waals surface area contributed by atoms with Crippen molar-refractivity contribution in [2.75, 3.05) is 41.3 Å². The van der Waals surface area contributed by atoms with E-state index >= 15 is 0 Å². The molecule has 0 amide bonds. The Hall–Kier alpha value is -1.04. The molecule has 0 heterocycles. The summed E-state index contributed by atoms with van der Waals surface area (Å²) in [4.78, 5) is 10.3. The Morgan fingerprint density at radius 3 is 2.00 bits per heavy atom. The monoisotopic (exact) mass is 526 g/mol. The topological polar surface area (TPSA) is 150 Å². The molecule has 0 bridgehead atoms. The van der Waals surface area contributed by atoms with Gasteiger partial charge in [0.25, 0.3) is 0 Å². The fourth-order valence-corrected chi connectivity index (χ4v) is 2.93. The zero-order valence-corrected chi connectivity index (χ0v) is 23.7. The van der Waals surface area contributed by atoms with Gasteiger partial charge in [0.15, 0.2) is 0 Å². The van der Waals surface area contributed by atoms with Gasteiger partial charge in [-0.3, -0.25) is 8.98 Å². The van der Waals surface area contributed by atoms with Crippen molar-refractivity contribution in [3.63, 3.8) is 0 Å². The fourth-order valence-electron chi connectivity index (χ4n) is 2.93. The van der Waals surface area contributed by atoms with Gasteiger partial charge in [-0.15, -0.1) is 0 Å². The van der Waals surface area contributed by atoms with E-state index in [1.807, 2.05) is 0 Å². The van der Waals surface area contributed by atoms with Crippen molar-refractivity contribution in [3.8, 4) is 0 Å². The number of hydrogen-bond acceptors (Lipinski definition) is 7. The normalized spacial score (nSPS) is 12.5. The molecule has 0 spiro atoms. The lowest BCUT2D eigenvalue weighted by Gasteiger charge is -2.23. The van der Waals surface area contributed by atoms with Crippen LogP contribution in [0.5, 0.6) is 0 Å². The molecule has 0 aromatic carbocycles. The molecule has 0 rings (SSSR count). The summed E-state index contributed by atoms with van der Waals surface area (Å²) < 4.78 is 32.0. The zero-order chi connectivity index (χ0) is 27.6. The van der Waals surface area contributed by atoms with Crippen molar-refractivity contribution in [1.29, 1.82) is 0 Å². The van der Waals surface area contributed by atoms with Gasteiger partial charge in [0, 0.05) is 12.8 Å². The van der Waals surface area contributed by atoms with Crippen LogP contribution >= 0.6 is 0 Å². The van der Waals surface area contributed by atoms with Crippen LogP contribution in [-0.2, 0) is 19.4 Å². The lowest BCUT2D eigenvalue weighted by Crippen LogP contribution is -2.36. The van der Waals surface area contributed by atoms with E-state index in [2.05, 4.69) is 44.4 Å². The Labute approximate surface area is 215 Å². The summed E-state index contributed by atoms with van der Waals surface area (Å²) in [7, 11) is 2.92. The Bertz CT molecular complexity index is 591. The molecule has 0 aliphatic carbocycles. The Morgan fingerprint density at radius 2 is 1.54 bits per heavy atom. The molecule has 4 N–H and O–H groups in total. The second-order valence-corrected chi connectivity index (χ2v) is 10.8. The summed E-state index contributed by atoms with van der Waals surface area (Å²) in [6, 6.07) is 0. The molecule has 0 radical (unpaired) electrons. The molecule has 0 aromatic rings. The van der Waals surface area contributed by atoms with Crippen molar-refractivity contribution in [3.05, 3.63) is 12.2 Å². The molecular formula is C25H54N2O7S. The van der Waals surface area contributed by atoms with Crippen molar-refractivity contribution in [2.24, 2.45) is 5.73 Å². The van der Waals surface area contributed by atoms with Crippen LogP contribution in [0.1, 0.15) is 96.8 Å². The summed E-state index contributed by atoms with van der Waals surface area (Å²) >= 11 is 0. The van der Waals surface area contributed by atoms with Gasteiger partial charge >= 0.3 is 5.97 Å². The maximum Gasteiger partial charge on any atom is 0.303 e. The molecule has 0 fully saturated rings. The number of aliphatic hydroxyl groups excluding tert-OH is 1. The fraction of sp³-hybridized carbons (Fsp3) is 0.880. The maximum atomic E-state index is 10.3. The number of carboxylic acids is 1. The molecule has 35 heavy (non-hydrogen) atoms. The molecule has 10 heteroatoms. The van der Waals surface area contributed by atoms with Crippen LogP contribution in [0.15, 0.2) is 12.2 Å². The predicted octanol–water partition coefficient (Wildman–Crippen LogP) is 4.21. The lowest BCUT2D eigenvalue weighted by molar-refractivity contribution is -0.870. The number of unbranched alkanes of at least 4 members (excludes halogenated alkanes) is 8. The van der Waals surface area contributed by atoms with Crippen molar-refractivity contribution < 1.29 is 36.6 Å². The van der Waals surface area contributed by atoms with Crippen LogP contribution in [0, 0.1) is 0 Å². The molecule has 0 aromatic heterocycles. The third-order valence-electron chi connectivity index (χ3n) is 4.96. The highest BCUT2D eigenvalue weighted by Crippen LogP contribution is 2.10. The molecule has 0 aliphatic heterocycles. The Kier molecular flexibility index (Phi) is 28.6. The van der Waals surface area contributed by atoms with E-state index in [4.69, 9.17) is 10.8 Å². The Morgan fingerprint density at radius 1 is 1.00 bits per heavy atom. The minimum atomic E-state index is -4.41. The molecule has 212 valence electrons. The number of aliphatic carboxylic acids is 1. The second kappa shape index (κ2) is 26.0. The number of hydrogen-bond donors (Lipinski definition) is 3.